The Hall–Kier alpha value is -4.54. The van der Waals surface area contributed by atoms with Gasteiger partial charge in [-0.05, 0) is 99.7 Å². The first-order valence-corrected chi connectivity index (χ1v) is 21.2. The van der Waals surface area contributed by atoms with Crippen LogP contribution in [-0.2, 0) is 42.7 Å². The van der Waals surface area contributed by atoms with Crippen molar-refractivity contribution in [2.75, 3.05) is 65.8 Å². The van der Waals surface area contributed by atoms with E-state index in [4.69, 9.17) is 33.2 Å². The van der Waals surface area contributed by atoms with E-state index >= 15 is 0 Å². The van der Waals surface area contributed by atoms with Crippen LogP contribution in [0.4, 0.5) is 19.2 Å². The van der Waals surface area contributed by atoms with Gasteiger partial charge in [0, 0.05) is 37.3 Å². The van der Waals surface area contributed by atoms with Crippen LogP contribution in [0.1, 0.15) is 108 Å². The third-order valence-corrected chi connectivity index (χ3v) is 10.6. The lowest BCUT2D eigenvalue weighted by Gasteiger charge is -2.46. The summed E-state index contributed by atoms with van der Waals surface area (Å²) in [6, 6.07) is 0. The Labute approximate surface area is 362 Å². The topological polar surface area (TPSA) is 215 Å². The van der Waals surface area contributed by atoms with Gasteiger partial charge in [-0.3, -0.25) is 0 Å². The first-order valence-electron chi connectivity index (χ1n) is 21.2. The standard InChI is InChI=1S/C44H74N4O13/c1-29(2)35(49)56-13-15-58-37(51)47-27-43(11)19-33(17-41(7,8)25-43)21-45-39(53)60-31(5)23-55-24-32(6)61-40(54)46-22-34-18-42(9,10)26-44(12,20-34)28-48-38(52)59-16-14-57-36(50)30(3)4/h31-34H,1,3,13-28H2,2,4-12H3,(H,45,53)(H,46,54)(H,47,51)(H,48,52). The maximum Gasteiger partial charge on any atom is 0.407 e. The number of carbonyl (C=O) groups excluding carboxylic acids is 6. The second-order valence-electron chi connectivity index (χ2n) is 19.4. The fourth-order valence-corrected chi connectivity index (χ4v) is 9.09. The summed E-state index contributed by atoms with van der Waals surface area (Å²) in [4.78, 5) is 73.0. The SMILES string of the molecule is C=C(C)C(=O)OCCOC(=O)NCC1(C)CC(CNC(=O)OC(C)COCC(C)OC(=O)NCC2CC(C)(C)CC(C)(CNC(=O)OCCOC(=O)C(=C)C)C2)CC(C)(C)C1. The quantitative estimate of drug-likeness (QED) is 0.0392. The Morgan fingerprint density at radius 1 is 0.541 bits per heavy atom. The van der Waals surface area contributed by atoms with Crippen LogP contribution < -0.4 is 21.3 Å². The molecule has 0 aromatic heterocycles. The van der Waals surface area contributed by atoms with Gasteiger partial charge in [0.05, 0.1) is 13.2 Å². The summed E-state index contributed by atoms with van der Waals surface area (Å²) in [6.07, 6.45) is 1.64. The molecular weight excluding hydrogens is 792 g/mol. The number of carbonyl (C=O) groups is 6. The van der Waals surface area contributed by atoms with E-state index in [2.05, 4.69) is 76.0 Å². The average Bonchev–Trinajstić information content (AvgIpc) is 3.13. The summed E-state index contributed by atoms with van der Waals surface area (Å²) >= 11 is 0. The summed E-state index contributed by atoms with van der Waals surface area (Å²) < 4.78 is 36.9. The monoisotopic (exact) mass is 867 g/mol. The molecule has 0 aromatic rings. The number of hydrogen-bond acceptors (Lipinski definition) is 13. The van der Waals surface area contributed by atoms with E-state index in [1.54, 1.807) is 13.8 Å². The summed E-state index contributed by atoms with van der Waals surface area (Å²) in [5.41, 5.74) is 0.00986. The first kappa shape index (κ1) is 52.6. The van der Waals surface area contributed by atoms with E-state index in [9.17, 15) is 28.8 Å². The number of esters is 2. The molecule has 4 N–H and O–H groups in total. The van der Waals surface area contributed by atoms with E-state index in [-0.39, 0.29) is 84.3 Å². The molecular formula is C44H74N4O13. The van der Waals surface area contributed by atoms with Crippen LogP contribution in [0, 0.1) is 33.5 Å². The van der Waals surface area contributed by atoms with Crippen molar-refractivity contribution in [3.05, 3.63) is 24.3 Å². The van der Waals surface area contributed by atoms with Gasteiger partial charge >= 0.3 is 36.3 Å². The number of rotatable bonds is 22. The lowest BCUT2D eigenvalue weighted by molar-refractivity contribution is -0.140. The van der Waals surface area contributed by atoms with E-state index < -0.39 is 48.5 Å². The van der Waals surface area contributed by atoms with E-state index in [0.717, 1.165) is 38.5 Å². The van der Waals surface area contributed by atoms with Crippen LogP contribution in [0.5, 0.6) is 0 Å². The number of ether oxygens (including phenoxy) is 7. The molecule has 2 rings (SSSR count). The van der Waals surface area contributed by atoms with Crippen molar-refractivity contribution in [3.8, 4) is 0 Å². The molecule has 2 aliphatic rings. The largest absolute Gasteiger partial charge is 0.459 e. The normalized spacial score (nSPS) is 23.7. The molecule has 6 unspecified atom stereocenters. The molecule has 61 heavy (non-hydrogen) atoms. The third kappa shape index (κ3) is 21.7. The molecule has 17 nitrogen and oxygen atoms in total. The molecule has 0 aliphatic heterocycles. The molecule has 17 heteroatoms. The fourth-order valence-electron chi connectivity index (χ4n) is 9.09. The highest BCUT2D eigenvalue weighted by Crippen LogP contribution is 2.49. The Morgan fingerprint density at radius 2 is 0.885 bits per heavy atom. The van der Waals surface area contributed by atoms with E-state index in [0.29, 0.717) is 26.2 Å². The van der Waals surface area contributed by atoms with Gasteiger partial charge in [0.2, 0.25) is 0 Å². The Kier molecular flexibility index (Phi) is 20.9. The summed E-state index contributed by atoms with van der Waals surface area (Å²) in [6.45, 7) is 28.0. The van der Waals surface area contributed by atoms with Gasteiger partial charge in [-0.2, -0.15) is 0 Å². The lowest BCUT2D eigenvalue weighted by atomic mass is 9.60. The molecule has 0 saturated heterocycles. The lowest BCUT2D eigenvalue weighted by Crippen LogP contribution is -2.46. The predicted octanol–water partition coefficient (Wildman–Crippen LogP) is 6.59. The van der Waals surface area contributed by atoms with Crippen LogP contribution >= 0.6 is 0 Å². The number of amides is 4. The van der Waals surface area contributed by atoms with Crippen molar-refractivity contribution in [1.29, 1.82) is 0 Å². The van der Waals surface area contributed by atoms with Crippen LogP contribution in [0.25, 0.3) is 0 Å². The smallest absolute Gasteiger partial charge is 0.407 e. The molecule has 2 saturated carbocycles. The van der Waals surface area contributed by atoms with Crippen LogP contribution in [-0.4, -0.2) is 114 Å². The third-order valence-electron chi connectivity index (χ3n) is 10.6. The van der Waals surface area contributed by atoms with Crippen LogP contribution in [0.3, 0.4) is 0 Å². The van der Waals surface area contributed by atoms with Gasteiger partial charge < -0.3 is 54.4 Å². The second kappa shape index (κ2) is 24.2. The van der Waals surface area contributed by atoms with Crippen LogP contribution in [0.15, 0.2) is 24.3 Å². The molecule has 0 heterocycles. The molecule has 0 radical (unpaired) electrons. The molecule has 0 spiro atoms. The molecule has 348 valence electrons. The van der Waals surface area contributed by atoms with Crippen molar-refractivity contribution in [1.82, 2.24) is 21.3 Å². The van der Waals surface area contributed by atoms with Gasteiger partial charge in [-0.25, -0.2) is 28.8 Å². The first-order chi connectivity index (χ1) is 28.3. The van der Waals surface area contributed by atoms with Crippen molar-refractivity contribution in [2.24, 2.45) is 33.5 Å². The molecule has 6 atom stereocenters. The minimum Gasteiger partial charge on any atom is -0.459 e. The maximum absolute atomic E-state index is 12.7. The van der Waals surface area contributed by atoms with Crippen LogP contribution in [0.2, 0.25) is 0 Å². The number of hydrogen-bond donors (Lipinski definition) is 4. The summed E-state index contributed by atoms with van der Waals surface area (Å²) in [7, 11) is 0. The van der Waals surface area contributed by atoms with Gasteiger partial charge in [0.15, 0.2) is 0 Å². The molecule has 4 amide bonds. The Balaban J connectivity index is 1.67. The zero-order valence-corrected chi connectivity index (χ0v) is 38.3. The van der Waals surface area contributed by atoms with Crippen molar-refractivity contribution >= 4 is 36.3 Å². The molecule has 0 bridgehead atoms. The van der Waals surface area contributed by atoms with Gasteiger partial charge in [0.1, 0.15) is 38.6 Å². The van der Waals surface area contributed by atoms with Gasteiger partial charge in [0.25, 0.3) is 0 Å². The van der Waals surface area contributed by atoms with Crippen molar-refractivity contribution in [3.63, 3.8) is 0 Å². The molecule has 2 fully saturated rings. The van der Waals surface area contributed by atoms with Gasteiger partial charge in [-0.1, -0.05) is 54.7 Å². The molecule has 0 aromatic carbocycles. The summed E-state index contributed by atoms with van der Waals surface area (Å²) in [5.74, 6) is -0.778. The zero-order chi connectivity index (χ0) is 46.0. The number of nitrogens with one attached hydrogen (secondary N) is 4. The highest BCUT2D eigenvalue weighted by Gasteiger charge is 2.43. The minimum absolute atomic E-state index is 0.0271. The predicted molar refractivity (Wildman–Crippen MR) is 227 cm³/mol. The van der Waals surface area contributed by atoms with E-state index in [1.807, 2.05) is 0 Å². The number of alkyl carbamates (subject to hydrolysis) is 4. The zero-order valence-electron chi connectivity index (χ0n) is 38.3. The minimum atomic E-state index is -0.592. The fraction of sp³-hybridized carbons (Fsp3) is 0.773. The molecule has 2 aliphatic carbocycles. The maximum atomic E-state index is 12.7. The average molecular weight is 867 g/mol. The highest BCUT2D eigenvalue weighted by atomic mass is 16.6. The Morgan fingerprint density at radius 3 is 1.23 bits per heavy atom. The van der Waals surface area contributed by atoms with Crippen molar-refractivity contribution < 1.29 is 61.9 Å². The van der Waals surface area contributed by atoms with Crippen molar-refractivity contribution in [2.45, 2.75) is 120 Å². The van der Waals surface area contributed by atoms with E-state index in [1.165, 1.54) is 13.8 Å². The Bertz CT molecular complexity index is 1420. The summed E-state index contributed by atoms with van der Waals surface area (Å²) in [5, 5.41) is 11.4. The highest BCUT2D eigenvalue weighted by molar-refractivity contribution is 5.87. The second-order valence-corrected chi connectivity index (χ2v) is 19.4. The van der Waals surface area contributed by atoms with Gasteiger partial charge in [-0.15, -0.1) is 0 Å².